The van der Waals surface area contributed by atoms with Crippen molar-refractivity contribution in [3.8, 4) is 0 Å². The summed E-state index contributed by atoms with van der Waals surface area (Å²) in [5.41, 5.74) is -1.11. The van der Waals surface area contributed by atoms with Crippen molar-refractivity contribution < 1.29 is 18.7 Å². The van der Waals surface area contributed by atoms with Gasteiger partial charge in [-0.05, 0) is 6.92 Å². The van der Waals surface area contributed by atoms with Crippen LogP contribution < -0.4 is 0 Å². The van der Waals surface area contributed by atoms with Crippen LogP contribution >= 0.6 is 0 Å². The van der Waals surface area contributed by atoms with Gasteiger partial charge in [0.25, 0.3) is 5.91 Å². The normalized spacial score (nSPS) is 34.4. The number of likely N-dealkylation sites (tertiary alicyclic amines) is 1. The highest BCUT2D eigenvalue weighted by Crippen LogP contribution is 2.38. The molecule has 0 aromatic heterocycles. The number of aliphatic hydroxyl groups excluding tert-OH is 1. The highest BCUT2D eigenvalue weighted by Gasteiger charge is 2.57. The number of amides is 1. The van der Waals surface area contributed by atoms with Gasteiger partial charge in [0, 0.05) is 13.5 Å². The third-order valence-corrected chi connectivity index (χ3v) is 2.37. The average Bonchev–Trinajstić information content (AvgIpc) is 2.13. The van der Waals surface area contributed by atoms with Gasteiger partial charge >= 0.3 is 5.92 Å². The second-order valence-corrected chi connectivity index (χ2v) is 3.40. The first-order valence-electron chi connectivity index (χ1n) is 3.60. The highest BCUT2D eigenvalue weighted by molar-refractivity contribution is 5.86. The number of likely N-dealkylation sites (N-methyl/N-ethyl adjacent to an activating group) is 1. The number of hydrogen-bond donors (Lipinski definition) is 1. The SMILES string of the molecule is CN1C(=O)C(F)(F)CC1(C)CO. The van der Waals surface area contributed by atoms with Crippen molar-refractivity contribution >= 4 is 5.91 Å². The Balaban J connectivity index is 2.96. The standard InChI is InChI=1S/C7H11F2NO2/c1-6(4-11)3-7(8,9)5(12)10(6)2/h11H,3-4H2,1-2H3. The predicted octanol–water partition coefficient (Wildman–Crippen LogP) is 0.235. The van der Waals surface area contributed by atoms with Crippen LogP contribution in [0, 0.1) is 0 Å². The number of nitrogens with zero attached hydrogens (tertiary/aromatic N) is 1. The van der Waals surface area contributed by atoms with Crippen molar-refractivity contribution in [2.45, 2.75) is 24.8 Å². The van der Waals surface area contributed by atoms with Gasteiger partial charge in [-0.2, -0.15) is 8.78 Å². The fraction of sp³-hybridized carbons (Fsp3) is 0.857. The molecule has 0 saturated carbocycles. The number of carbonyl (C=O) groups is 1. The first-order valence-corrected chi connectivity index (χ1v) is 3.60. The van der Waals surface area contributed by atoms with Crippen LogP contribution in [0.4, 0.5) is 8.78 Å². The van der Waals surface area contributed by atoms with Gasteiger partial charge in [0.15, 0.2) is 0 Å². The maximum Gasteiger partial charge on any atom is 0.327 e. The molecule has 0 aromatic rings. The lowest BCUT2D eigenvalue weighted by Crippen LogP contribution is -2.43. The number of rotatable bonds is 1. The lowest BCUT2D eigenvalue weighted by atomic mass is 10.00. The quantitative estimate of drug-likeness (QED) is 0.626. The van der Waals surface area contributed by atoms with E-state index in [9.17, 15) is 13.6 Å². The summed E-state index contributed by atoms with van der Waals surface area (Å²) in [5.74, 6) is -4.52. The van der Waals surface area contributed by atoms with Crippen LogP contribution in [0.3, 0.4) is 0 Å². The maximum absolute atomic E-state index is 12.8. The lowest BCUT2D eigenvalue weighted by Gasteiger charge is -2.28. The Labute approximate surface area is 69.0 Å². The smallest absolute Gasteiger partial charge is 0.327 e. The summed E-state index contributed by atoms with van der Waals surface area (Å²) in [6.45, 7) is 0.997. The molecule has 1 unspecified atom stereocenters. The van der Waals surface area contributed by atoms with Crippen LogP contribution in [0.5, 0.6) is 0 Å². The zero-order chi connectivity index (χ0) is 9.57. The van der Waals surface area contributed by atoms with Gasteiger partial charge in [-0.25, -0.2) is 0 Å². The monoisotopic (exact) mass is 179 g/mol. The van der Waals surface area contributed by atoms with Crippen molar-refractivity contribution in [2.75, 3.05) is 13.7 Å². The Morgan fingerprint density at radius 1 is 1.67 bits per heavy atom. The topological polar surface area (TPSA) is 40.5 Å². The second-order valence-electron chi connectivity index (χ2n) is 3.40. The van der Waals surface area contributed by atoms with Gasteiger partial charge in [-0.15, -0.1) is 0 Å². The van der Waals surface area contributed by atoms with E-state index in [2.05, 4.69) is 0 Å². The van der Waals surface area contributed by atoms with E-state index in [1.807, 2.05) is 0 Å². The van der Waals surface area contributed by atoms with Crippen LogP contribution in [-0.2, 0) is 4.79 Å². The molecule has 1 heterocycles. The molecule has 0 bridgehead atoms. The summed E-state index contributed by atoms with van der Waals surface area (Å²) >= 11 is 0. The predicted molar refractivity (Wildman–Crippen MR) is 37.8 cm³/mol. The van der Waals surface area contributed by atoms with Gasteiger partial charge in [-0.1, -0.05) is 0 Å². The van der Waals surface area contributed by atoms with Crippen molar-refractivity contribution in [3.05, 3.63) is 0 Å². The zero-order valence-corrected chi connectivity index (χ0v) is 6.97. The number of hydrogen-bond acceptors (Lipinski definition) is 2. The summed E-state index contributed by atoms with van der Waals surface area (Å²) in [7, 11) is 1.28. The summed E-state index contributed by atoms with van der Waals surface area (Å²) < 4.78 is 25.5. The summed E-state index contributed by atoms with van der Waals surface area (Å²) in [6.07, 6.45) is -0.605. The molecule has 0 spiro atoms. The lowest BCUT2D eigenvalue weighted by molar-refractivity contribution is -0.147. The molecule has 12 heavy (non-hydrogen) atoms. The minimum atomic E-state index is -3.31. The minimum Gasteiger partial charge on any atom is -0.394 e. The summed E-state index contributed by atoms with van der Waals surface area (Å²) in [5, 5.41) is 8.82. The summed E-state index contributed by atoms with van der Waals surface area (Å²) in [6, 6.07) is 0. The molecule has 70 valence electrons. The number of halogens is 2. The van der Waals surface area contributed by atoms with E-state index in [0.717, 1.165) is 4.90 Å². The highest BCUT2D eigenvalue weighted by atomic mass is 19.3. The van der Waals surface area contributed by atoms with E-state index >= 15 is 0 Å². The van der Waals surface area contributed by atoms with Gasteiger partial charge in [-0.3, -0.25) is 4.79 Å². The molecule has 1 N–H and O–H groups in total. The van der Waals surface area contributed by atoms with E-state index < -0.39 is 30.4 Å². The molecular weight excluding hydrogens is 168 g/mol. The number of aliphatic hydroxyl groups is 1. The molecule has 1 atom stereocenters. The van der Waals surface area contributed by atoms with E-state index in [1.54, 1.807) is 0 Å². The first-order chi connectivity index (χ1) is 5.33. The van der Waals surface area contributed by atoms with Crippen molar-refractivity contribution in [1.29, 1.82) is 0 Å². The molecule has 0 aromatic carbocycles. The maximum atomic E-state index is 12.8. The first kappa shape index (κ1) is 9.38. The van der Waals surface area contributed by atoms with E-state index in [4.69, 9.17) is 5.11 Å². The summed E-state index contributed by atoms with van der Waals surface area (Å²) in [4.78, 5) is 11.8. The van der Waals surface area contributed by atoms with Crippen molar-refractivity contribution in [1.82, 2.24) is 4.90 Å². The molecule has 3 nitrogen and oxygen atoms in total. The Kier molecular flexibility index (Phi) is 1.87. The van der Waals surface area contributed by atoms with Crippen LogP contribution in [-0.4, -0.2) is 41.0 Å². The Bertz CT molecular complexity index is 219. The number of alkyl halides is 2. The molecule has 1 fully saturated rings. The second kappa shape index (κ2) is 2.39. The van der Waals surface area contributed by atoms with Crippen molar-refractivity contribution in [2.24, 2.45) is 0 Å². The molecular formula is C7H11F2NO2. The number of carbonyl (C=O) groups excluding carboxylic acids is 1. The van der Waals surface area contributed by atoms with Gasteiger partial charge in [0.1, 0.15) is 0 Å². The Morgan fingerprint density at radius 3 is 2.33 bits per heavy atom. The largest absolute Gasteiger partial charge is 0.394 e. The van der Waals surface area contributed by atoms with Gasteiger partial charge in [0.2, 0.25) is 0 Å². The fourth-order valence-electron chi connectivity index (χ4n) is 1.32. The molecule has 1 aliphatic heterocycles. The fourth-order valence-corrected chi connectivity index (χ4v) is 1.32. The molecule has 1 amide bonds. The molecule has 1 saturated heterocycles. The van der Waals surface area contributed by atoms with Crippen LogP contribution in [0.2, 0.25) is 0 Å². The van der Waals surface area contributed by atoms with Crippen molar-refractivity contribution in [3.63, 3.8) is 0 Å². The molecule has 0 aliphatic carbocycles. The molecule has 5 heteroatoms. The van der Waals surface area contributed by atoms with Crippen LogP contribution in [0.25, 0.3) is 0 Å². The van der Waals surface area contributed by atoms with Crippen LogP contribution in [0.15, 0.2) is 0 Å². The third kappa shape index (κ3) is 1.08. The third-order valence-electron chi connectivity index (χ3n) is 2.37. The molecule has 1 aliphatic rings. The van der Waals surface area contributed by atoms with Gasteiger partial charge < -0.3 is 10.0 Å². The van der Waals surface area contributed by atoms with E-state index in [-0.39, 0.29) is 0 Å². The Morgan fingerprint density at radius 2 is 2.17 bits per heavy atom. The average molecular weight is 179 g/mol. The molecule has 1 rings (SSSR count). The van der Waals surface area contributed by atoms with Crippen LogP contribution in [0.1, 0.15) is 13.3 Å². The Hall–Kier alpha value is -0.710. The van der Waals surface area contributed by atoms with E-state index in [1.165, 1.54) is 14.0 Å². The zero-order valence-electron chi connectivity index (χ0n) is 6.97. The van der Waals surface area contributed by atoms with Gasteiger partial charge in [0.05, 0.1) is 12.1 Å². The molecule has 0 radical (unpaired) electrons. The van der Waals surface area contributed by atoms with E-state index in [0.29, 0.717) is 0 Å². The minimum absolute atomic E-state index is 0.440.